The van der Waals surface area contributed by atoms with Gasteiger partial charge in [0.25, 0.3) is 15.6 Å². The van der Waals surface area contributed by atoms with Crippen molar-refractivity contribution in [1.29, 1.82) is 0 Å². The number of carbonyl (C=O) groups excluding carboxylic acids is 1. The Morgan fingerprint density at radius 2 is 1.61 bits per heavy atom. The molecule has 0 aliphatic heterocycles. The van der Waals surface area contributed by atoms with Crippen molar-refractivity contribution in [3.63, 3.8) is 0 Å². The highest BCUT2D eigenvalue weighted by Crippen LogP contribution is 2.19. The fourth-order valence-electron chi connectivity index (χ4n) is 2.57. The molecule has 0 aliphatic carbocycles. The molecule has 0 fully saturated rings. The molecule has 0 saturated carbocycles. The van der Waals surface area contributed by atoms with Crippen LogP contribution in [0, 0.1) is 0 Å². The van der Waals surface area contributed by atoms with Crippen molar-refractivity contribution in [1.82, 2.24) is 4.57 Å². The summed E-state index contributed by atoms with van der Waals surface area (Å²) in [6.45, 7) is 0.256. The summed E-state index contributed by atoms with van der Waals surface area (Å²) < 4.78 is 28.7. The summed E-state index contributed by atoms with van der Waals surface area (Å²) in [7, 11) is -3.71. The molecule has 1 aromatic heterocycles. The summed E-state index contributed by atoms with van der Waals surface area (Å²) >= 11 is 0. The van der Waals surface area contributed by atoms with Crippen LogP contribution < -0.4 is 15.6 Å². The number of aryl methyl sites for hydroxylation is 1. The zero-order valence-corrected chi connectivity index (χ0v) is 15.7. The monoisotopic (exact) mass is 397 g/mol. The summed E-state index contributed by atoms with van der Waals surface area (Å²) in [6.07, 6.45) is 1.73. The quantitative estimate of drug-likeness (QED) is 0.640. The zero-order valence-electron chi connectivity index (χ0n) is 14.9. The van der Waals surface area contributed by atoms with E-state index in [1.54, 1.807) is 54.7 Å². The molecule has 0 unspecified atom stereocenters. The number of rotatable bonds is 7. The third-order valence-corrected chi connectivity index (χ3v) is 5.33. The van der Waals surface area contributed by atoms with Crippen molar-refractivity contribution in [2.45, 2.75) is 17.9 Å². The number of amides is 1. The van der Waals surface area contributed by atoms with Gasteiger partial charge < -0.3 is 9.88 Å². The first kappa shape index (κ1) is 19.4. The lowest BCUT2D eigenvalue weighted by Crippen LogP contribution is -2.21. The average molecular weight is 397 g/mol. The Balaban J connectivity index is 1.64. The predicted octanol–water partition coefficient (Wildman–Crippen LogP) is 2.68. The highest BCUT2D eigenvalue weighted by molar-refractivity contribution is 7.92. The van der Waals surface area contributed by atoms with E-state index in [9.17, 15) is 18.0 Å². The molecule has 8 heteroatoms. The van der Waals surface area contributed by atoms with Gasteiger partial charge in [0.05, 0.1) is 10.6 Å². The second-order valence-corrected chi connectivity index (χ2v) is 7.71. The first-order chi connectivity index (χ1) is 13.4. The van der Waals surface area contributed by atoms with Crippen molar-refractivity contribution in [3.05, 3.63) is 89.3 Å². The van der Waals surface area contributed by atoms with E-state index in [2.05, 4.69) is 10.0 Å². The molecule has 2 aromatic carbocycles. The summed E-state index contributed by atoms with van der Waals surface area (Å²) in [4.78, 5) is 24.0. The van der Waals surface area contributed by atoms with Crippen LogP contribution in [-0.4, -0.2) is 18.9 Å². The number of anilines is 2. The van der Waals surface area contributed by atoms with Crippen molar-refractivity contribution in [3.8, 4) is 0 Å². The molecular formula is C20H19N3O4S. The number of nitrogens with zero attached hydrogens (tertiary/aromatic N) is 1. The zero-order chi connectivity index (χ0) is 20.0. The Bertz CT molecular complexity index is 1130. The van der Waals surface area contributed by atoms with Crippen molar-refractivity contribution in [2.24, 2.45) is 0 Å². The van der Waals surface area contributed by atoms with Gasteiger partial charge in [-0.3, -0.25) is 14.3 Å². The number of nitrogens with one attached hydrogen (secondary N) is 2. The molecule has 0 atom stereocenters. The molecule has 1 heterocycles. The van der Waals surface area contributed by atoms with Crippen molar-refractivity contribution in [2.75, 3.05) is 10.0 Å². The van der Waals surface area contributed by atoms with Crippen LogP contribution in [0.4, 0.5) is 11.4 Å². The number of carbonyl (C=O) groups is 1. The lowest BCUT2D eigenvalue weighted by molar-refractivity contribution is -0.116. The van der Waals surface area contributed by atoms with Gasteiger partial charge in [-0.05, 0) is 36.4 Å². The Morgan fingerprint density at radius 3 is 2.36 bits per heavy atom. The number of sulfonamides is 1. The Labute approximate surface area is 162 Å². The third-order valence-electron chi connectivity index (χ3n) is 3.93. The number of benzene rings is 2. The van der Waals surface area contributed by atoms with Gasteiger partial charge in [-0.15, -0.1) is 0 Å². The van der Waals surface area contributed by atoms with Gasteiger partial charge in [0, 0.05) is 30.9 Å². The van der Waals surface area contributed by atoms with Crippen molar-refractivity contribution < 1.29 is 13.2 Å². The van der Waals surface area contributed by atoms with E-state index in [1.807, 2.05) is 0 Å². The summed E-state index contributed by atoms with van der Waals surface area (Å²) in [6, 6.07) is 19.2. The Morgan fingerprint density at radius 1 is 0.893 bits per heavy atom. The molecule has 0 saturated heterocycles. The van der Waals surface area contributed by atoms with Crippen molar-refractivity contribution >= 4 is 27.3 Å². The van der Waals surface area contributed by atoms with Gasteiger partial charge in [-0.1, -0.05) is 30.3 Å². The lowest BCUT2D eigenvalue weighted by atomic mass is 10.2. The maximum atomic E-state index is 12.4. The first-order valence-corrected chi connectivity index (χ1v) is 10.1. The summed E-state index contributed by atoms with van der Waals surface area (Å²) in [5.74, 6) is -0.279. The third kappa shape index (κ3) is 5.08. The molecule has 3 aromatic rings. The summed E-state index contributed by atoms with van der Waals surface area (Å²) in [5, 5.41) is 2.71. The molecule has 0 bridgehead atoms. The van der Waals surface area contributed by atoms with Gasteiger partial charge >= 0.3 is 0 Å². The molecule has 0 spiro atoms. The topological polar surface area (TPSA) is 97.3 Å². The molecule has 2 N–H and O–H groups in total. The smallest absolute Gasteiger partial charge is 0.261 e. The maximum absolute atomic E-state index is 12.4. The molecule has 1 amide bonds. The molecule has 0 radical (unpaired) electrons. The largest absolute Gasteiger partial charge is 0.326 e. The highest BCUT2D eigenvalue weighted by Gasteiger charge is 2.13. The first-order valence-electron chi connectivity index (χ1n) is 8.57. The maximum Gasteiger partial charge on any atom is 0.261 e. The highest BCUT2D eigenvalue weighted by atomic mass is 32.2. The van der Waals surface area contributed by atoms with Gasteiger partial charge in [0.15, 0.2) is 0 Å². The normalized spacial score (nSPS) is 11.0. The standard InChI is InChI=1S/C20H19N3O4S/c24-19(12-14-23-13-5-4-11-20(23)25)21-16-7-6-8-17(15-16)22-28(26,27)18-9-2-1-3-10-18/h1-11,13,15,22H,12,14H2,(H,21,24). The van der Waals surface area contributed by atoms with Crippen LogP contribution >= 0.6 is 0 Å². The Kier molecular flexibility index (Phi) is 5.90. The molecule has 7 nitrogen and oxygen atoms in total. The van der Waals surface area contributed by atoms with Gasteiger partial charge in [-0.25, -0.2) is 8.42 Å². The number of hydrogen-bond donors (Lipinski definition) is 2. The number of pyridine rings is 1. The molecular weight excluding hydrogens is 378 g/mol. The van der Waals surface area contributed by atoms with E-state index in [1.165, 1.54) is 28.8 Å². The second kappa shape index (κ2) is 8.53. The minimum atomic E-state index is -3.71. The number of aromatic nitrogens is 1. The van der Waals surface area contributed by atoms with Crippen LogP contribution in [0.2, 0.25) is 0 Å². The fraction of sp³-hybridized carbons (Fsp3) is 0.100. The number of hydrogen-bond acceptors (Lipinski definition) is 4. The van der Waals surface area contributed by atoms with Gasteiger partial charge in [0.1, 0.15) is 0 Å². The van der Waals surface area contributed by atoms with E-state index in [4.69, 9.17) is 0 Å². The van der Waals surface area contributed by atoms with Gasteiger partial charge in [0.2, 0.25) is 5.91 Å². The van der Waals surface area contributed by atoms with Crippen LogP contribution in [0.1, 0.15) is 6.42 Å². The fourth-order valence-corrected chi connectivity index (χ4v) is 3.64. The van der Waals surface area contributed by atoms with Crippen LogP contribution in [0.5, 0.6) is 0 Å². The minimum absolute atomic E-state index is 0.115. The average Bonchev–Trinajstić information content (AvgIpc) is 2.68. The Hall–Kier alpha value is -3.39. The van der Waals surface area contributed by atoms with E-state index >= 15 is 0 Å². The van der Waals surface area contributed by atoms with E-state index in [-0.39, 0.29) is 29.3 Å². The van der Waals surface area contributed by atoms with Crippen LogP contribution in [-0.2, 0) is 21.4 Å². The minimum Gasteiger partial charge on any atom is -0.326 e. The molecule has 28 heavy (non-hydrogen) atoms. The molecule has 144 valence electrons. The van der Waals surface area contributed by atoms with Crippen LogP contribution in [0.25, 0.3) is 0 Å². The summed E-state index contributed by atoms with van der Waals surface area (Å²) in [5.41, 5.74) is 0.618. The molecule has 0 aliphatic rings. The van der Waals surface area contributed by atoms with E-state index in [0.29, 0.717) is 11.4 Å². The second-order valence-electron chi connectivity index (χ2n) is 6.03. The van der Waals surface area contributed by atoms with E-state index in [0.717, 1.165) is 0 Å². The SMILES string of the molecule is O=C(CCn1ccccc1=O)Nc1cccc(NS(=O)(=O)c2ccccc2)c1. The van der Waals surface area contributed by atoms with E-state index < -0.39 is 10.0 Å². The predicted molar refractivity (Wildman–Crippen MR) is 108 cm³/mol. The van der Waals surface area contributed by atoms with Crippen LogP contribution in [0.3, 0.4) is 0 Å². The molecule has 3 rings (SSSR count). The lowest BCUT2D eigenvalue weighted by Gasteiger charge is -2.11. The van der Waals surface area contributed by atoms with Crippen LogP contribution in [0.15, 0.2) is 88.7 Å². The van der Waals surface area contributed by atoms with Gasteiger partial charge in [-0.2, -0.15) is 0 Å².